The zero-order valence-corrected chi connectivity index (χ0v) is 13.2. The van der Waals surface area contributed by atoms with Crippen LogP contribution in [0.1, 0.15) is 38.5 Å². The Balaban J connectivity index is 1.74. The Morgan fingerprint density at radius 3 is 2.53 bits per heavy atom. The summed E-state index contributed by atoms with van der Waals surface area (Å²) in [6, 6.07) is 0.573. The average molecular weight is 309 g/mol. The zero-order chi connectivity index (χ0) is 13.9. The van der Waals surface area contributed by atoms with E-state index in [9.17, 15) is 8.42 Å². The van der Waals surface area contributed by atoms with E-state index in [0.29, 0.717) is 30.4 Å². The highest BCUT2D eigenvalue weighted by Gasteiger charge is 2.26. The summed E-state index contributed by atoms with van der Waals surface area (Å²) >= 11 is 6.10. The Morgan fingerprint density at radius 1 is 1.21 bits per heavy atom. The molecular formula is C13H25ClN2O2S. The van der Waals surface area contributed by atoms with Gasteiger partial charge in [-0.3, -0.25) is 0 Å². The van der Waals surface area contributed by atoms with Gasteiger partial charge < -0.3 is 5.32 Å². The monoisotopic (exact) mass is 308 g/mol. The van der Waals surface area contributed by atoms with Crippen molar-refractivity contribution in [1.29, 1.82) is 0 Å². The van der Waals surface area contributed by atoms with Crippen LogP contribution < -0.4 is 5.32 Å². The van der Waals surface area contributed by atoms with Crippen molar-refractivity contribution in [3.63, 3.8) is 0 Å². The Bertz CT molecular complexity index is 380. The molecule has 2 rings (SSSR count). The van der Waals surface area contributed by atoms with Crippen molar-refractivity contribution in [2.75, 3.05) is 25.9 Å². The largest absolute Gasteiger partial charge is 0.314 e. The molecule has 4 nitrogen and oxygen atoms in total. The summed E-state index contributed by atoms with van der Waals surface area (Å²) in [5.41, 5.74) is 0. The Morgan fingerprint density at radius 2 is 1.89 bits per heavy atom. The number of hydrogen-bond acceptors (Lipinski definition) is 3. The molecule has 6 heteroatoms. The van der Waals surface area contributed by atoms with Crippen molar-refractivity contribution in [2.24, 2.45) is 5.92 Å². The third-order valence-corrected chi connectivity index (χ3v) is 6.01. The molecule has 1 aliphatic heterocycles. The number of rotatable bonds is 4. The number of sulfonamides is 1. The summed E-state index contributed by atoms with van der Waals surface area (Å²) < 4.78 is 24.8. The summed E-state index contributed by atoms with van der Waals surface area (Å²) in [5.74, 6) is 0.456. The van der Waals surface area contributed by atoms with Crippen LogP contribution in [0.25, 0.3) is 0 Å². The van der Waals surface area contributed by atoms with Crippen LogP contribution >= 0.6 is 11.6 Å². The maximum atomic E-state index is 11.6. The lowest BCUT2D eigenvalue weighted by atomic mass is 9.93. The minimum Gasteiger partial charge on any atom is -0.314 e. The smallest absolute Gasteiger partial charge is 0.211 e. The van der Waals surface area contributed by atoms with Gasteiger partial charge in [0.05, 0.1) is 6.26 Å². The summed E-state index contributed by atoms with van der Waals surface area (Å²) in [4.78, 5) is 0. The molecule has 0 spiro atoms. The molecule has 1 heterocycles. The molecule has 19 heavy (non-hydrogen) atoms. The highest BCUT2D eigenvalue weighted by molar-refractivity contribution is 7.88. The molecule has 2 aliphatic rings. The molecule has 0 aromatic heterocycles. The molecule has 0 radical (unpaired) electrons. The van der Waals surface area contributed by atoms with Crippen molar-refractivity contribution in [2.45, 2.75) is 49.9 Å². The average Bonchev–Trinajstić information content (AvgIpc) is 2.37. The van der Waals surface area contributed by atoms with Gasteiger partial charge in [0, 0.05) is 24.5 Å². The number of halogens is 1. The van der Waals surface area contributed by atoms with Crippen LogP contribution in [0, 0.1) is 5.92 Å². The van der Waals surface area contributed by atoms with Crippen LogP contribution in [0.2, 0.25) is 0 Å². The zero-order valence-electron chi connectivity index (χ0n) is 11.6. The first-order chi connectivity index (χ1) is 8.95. The highest BCUT2D eigenvalue weighted by Crippen LogP contribution is 2.24. The number of nitrogens with zero attached hydrogens (tertiary/aromatic N) is 1. The van der Waals surface area contributed by atoms with E-state index in [-0.39, 0.29) is 0 Å². The van der Waals surface area contributed by atoms with Crippen LogP contribution in [0.15, 0.2) is 0 Å². The standard InChI is InChI=1S/C13H25ClN2O2S/c1-19(17,18)16-8-2-3-11(10-16)9-15-13-6-4-12(14)5-7-13/h11-13,15H,2-10H2,1H3. The molecule has 0 bridgehead atoms. The number of piperidine rings is 1. The molecule has 0 aromatic rings. The quantitative estimate of drug-likeness (QED) is 0.806. The summed E-state index contributed by atoms with van der Waals surface area (Å²) in [5, 5.41) is 3.96. The van der Waals surface area contributed by atoms with Crippen LogP contribution in [0.5, 0.6) is 0 Å². The molecule has 1 N–H and O–H groups in total. The van der Waals surface area contributed by atoms with Crippen molar-refractivity contribution in [3.05, 3.63) is 0 Å². The number of nitrogens with one attached hydrogen (secondary N) is 1. The van der Waals surface area contributed by atoms with Crippen LogP contribution in [-0.2, 0) is 10.0 Å². The van der Waals surface area contributed by atoms with Gasteiger partial charge in [0.15, 0.2) is 0 Å². The van der Waals surface area contributed by atoms with E-state index in [0.717, 1.165) is 45.1 Å². The normalized spacial score (nSPS) is 34.3. The van der Waals surface area contributed by atoms with Crippen LogP contribution in [0.3, 0.4) is 0 Å². The first-order valence-electron chi connectivity index (χ1n) is 7.27. The SMILES string of the molecule is CS(=O)(=O)N1CCCC(CNC2CCC(Cl)CC2)C1. The Labute approximate surface area is 121 Å². The predicted octanol–water partition coefficient (Wildman–Crippen LogP) is 1.80. The van der Waals surface area contributed by atoms with Gasteiger partial charge in [0.25, 0.3) is 0 Å². The van der Waals surface area contributed by atoms with E-state index in [1.165, 1.54) is 6.26 Å². The van der Waals surface area contributed by atoms with E-state index >= 15 is 0 Å². The molecule has 1 unspecified atom stereocenters. The van der Waals surface area contributed by atoms with Gasteiger partial charge in [-0.05, 0) is 51.0 Å². The lowest BCUT2D eigenvalue weighted by Gasteiger charge is -2.33. The number of alkyl halides is 1. The van der Waals surface area contributed by atoms with E-state index < -0.39 is 10.0 Å². The van der Waals surface area contributed by atoms with E-state index in [2.05, 4.69) is 5.32 Å². The van der Waals surface area contributed by atoms with Gasteiger partial charge in [0.2, 0.25) is 10.0 Å². The third kappa shape index (κ3) is 4.88. The lowest BCUT2D eigenvalue weighted by molar-refractivity contribution is 0.247. The first-order valence-corrected chi connectivity index (χ1v) is 9.56. The maximum Gasteiger partial charge on any atom is 0.211 e. The summed E-state index contributed by atoms with van der Waals surface area (Å²) in [6.07, 6.45) is 7.91. The minimum atomic E-state index is -3.02. The van der Waals surface area contributed by atoms with Gasteiger partial charge in [0.1, 0.15) is 0 Å². The Kier molecular flexibility index (Phi) is 5.52. The molecular weight excluding hydrogens is 284 g/mol. The lowest BCUT2D eigenvalue weighted by Crippen LogP contribution is -2.44. The fourth-order valence-electron chi connectivity index (χ4n) is 3.08. The van der Waals surface area contributed by atoms with Gasteiger partial charge >= 0.3 is 0 Å². The topological polar surface area (TPSA) is 49.4 Å². The van der Waals surface area contributed by atoms with Crippen molar-refractivity contribution in [3.8, 4) is 0 Å². The highest BCUT2D eigenvalue weighted by atomic mass is 35.5. The molecule has 112 valence electrons. The van der Waals surface area contributed by atoms with Crippen LogP contribution in [-0.4, -0.2) is 50.0 Å². The minimum absolute atomic E-state index is 0.355. The van der Waals surface area contributed by atoms with Crippen molar-refractivity contribution >= 4 is 21.6 Å². The van der Waals surface area contributed by atoms with Crippen molar-refractivity contribution < 1.29 is 8.42 Å². The fraction of sp³-hybridized carbons (Fsp3) is 1.00. The van der Waals surface area contributed by atoms with Gasteiger partial charge in [-0.1, -0.05) is 0 Å². The summed E-state index contributed by atoms with van der Waals surface area (Å²) in [6.45, 7) is 2.30. The third-order valence-electron chi connectivity index (χ3n) is 4.30. The van der Waals surface area contributed by atoms with Gasteiger partial charge in [-0.2, -0.15) is 0 Å². The molecule has 0 aromatic carbocycles. The second-order valence-electron chi connectivity index (χ2n) is 5.99. The van der Waals surface area contributed by atoms with Gasteiger partial charge in [-0.25, -0.2) is 12.7 Å². The molecule has 0 amide bonds. The second kappa shape index (κ2) is 6.74. The number of hydrogen-bond donors (Lipinski definition) is 1. The van der Waals surface area contributed by atoms with E-state index in [4.69, 9.17) is 11.6 Å². The maximum absolute atomic E-state index is 11.6. The fourth-order valence-corrected chi connectivity index (χ4v) is 4.28. The predicted molar refractivity (Wildman–Crippen MR) is 79.0 cm³/mol. The van der Waals surface area contributed by atoms with Crippen LogP contribution in [0.4, 0.5) is 0 Å². The van der Waals surface area contributed by atoms with E-state index in [1.807, 2.05) is 0 Å². The van der Waals surface area contributed by atoms with Gasteiger partial charge in [-0.15, -0.1) is 11.6 Å². The first kappa shape index (κ1) is 15.5. The molecule has 1 atom stereocenters. The molecule has 1 saturated heterocycles. The van der Waals surface area contributed by atoms with E-state index in [1.54, 1.807) is 4.31 Å². The summed E-state index contributed by atoms with van der Waals surface area (Å²) in [7, 11) is -3.02. The Hall–Kier alpha value is 0.160. The molecule has 1 saturated carbocycles. The second-order valence-corrected chi connectivity index (χ2v) is 8.59. The molecule has 1 aliphatic carbocycles. The molecule has 2 fully saturated rings. The van der Waals surface area contributed by atoms with Crippen molar-refractivity contribution in [1.82, 2.24) is 9.62 Å².